The van der Waals surface area contributed by atoms with E-state index < -0.39 is 10.0 Å². The molecule has 0 aliphatic rings. The normalized spacial score (nSPS) is 11.7. The van der Waals surface area contributed by atoms with Gasteiger partial charge in [-0.1, -0.05) is 17.3 Å². The van der Waals surface area contributed by atoms with Gasteiger partial charge in [0.1, 0.15) is 11.2 Å². The van der Waals surface area contributed by atoms with Crippen molar-refractivity contribution in [2.24, 2.45) is 0 Å². The Morgan fingerprint density at radius 2 is 2.12 bits per heavy atom. The van der Waals surface area contributed by atoms with Gasteiger partial charge in [0.25, 0.3) is 10.0 Å². The molecule has 4 aromatic rings. The van der Waals surface area contributed by atoms with Crippen molar-refractivity contribution in [1.82, 2.24) is 19.5 Å². The lowest BCUT2D eigenvalue weighted by atomic mass is 10.1. The maximum absolute atomic E-state index is 12.3. The van der Waals surface area contributed by atoms with E-state index in [1.807, 2.05) is 29.7 Å². The monoisotopic (exact) mass is 355 g/mol. The lowest BCUT2D eigenvalue weighted by Crippen LogP contribution is -2.12. The average Bonchev–Trinajstić information content (AvgIpc) is 3.24. The zero-order valence-corrected chi connectivity index (χ0v) is 13.9. The zero-order chi connectivity index (χ0) is 17.4. The first-order valence-electron chi connectivity index (χ1n) is 7.37. The summed E-state index contributed by atoms with van der Waals surface area (Å²) in [6.45, 7) is 1.94. The second-order valence-corrected chi connectivity index (χ2v) is 7.06. The van der Waals surface area contributed by atoms with Crippen LogP contribution in [0.4, 0.5) is 5.69 Å². The number of rotatable bonds is 4. The molecule has 1 aromatic carbocycles. The largest absolute Gasteiger partial charge is 0.363 e. The molecule has 25 heavy (non-hydrogen) atoms. The standard InChI is InChI=1S/C16H13N5O3S/c1-11-15(19-16-17-6-3-7-21(11)16)12-4-2-5-13(8-12)20-25(22,23)14-9-18-24-10-14/h2-10,20H,1H3. The molecule has 0 atom stereocenters. The summed E-state index contributed by atoms with van der Waals surface area (Å²) in [5, 5.41) is 3.42. The first-order valence-corrected chi connectivity index (χ1v) is 8.85. The fraction of sp³-hybridized carbons (Fsp3) is 0.0625. The molecule has 0 spiro atoms. The molecule has 1 N–H and O–H groups in total. The fourth-order valence-electron chi connectivity index (χ4n) is 2.55. The van der Waals surface area contributed by atoms with Gasteiger partial charge in [0, 0.05) is 29.3 Å². The van der Waals surface area contributed by atoms with Crippen molar-refractivity contribution in [2.75, 3.05) is 4.72 Å². The highest BCUT2D eigenvalue weighted by Crippen LogP contribution is 2.26. The Morgan fingerprint density at radius 3 is 2.88 bits per heavy atom. The quantitative estimate of drug-likeness (QED) is 0.603. The van der Waals surface area contributed by atoms with E-state index in [9.17, 15) is 8.42 Å². The lowest BCUT2D eigenvalue weighted by Gasteiger charge is -2.07. The molecule has 0 amide bonds. The van der Waals surface area contributed by atoms with Gasteiger partial charge in [0.2, 0.25) is 5.78 Å². The van der Waals surface area contributed by atoms with Crippen LogP contribution in [0.15, 0.2) is 64.6 Å². The molecule has 3 aromatic heterocycles. The zero-order valence-electron chi connectivity index (χ0n) is 13.1. The molecule has 0 saturated heterocycles. The van der Waals surface area contributed by atoms with Gasteiger partial charge in [0.05, 0.1) is 11.9 Å². The van der Waals surface area contributed by atoms with Gasteiger partial charge in [-0.25, -0.2) is 18.4 Å². The summed E-state index contributed by atoms with van der Waals surface area (Å²) in [6.07, 6.45) is 5.77. The minimum absolute atomic E-state index is 0.0361. The Bertz CT molecular complexity index is 1150. The number of benzene rings is 1. The number of nitrogens with zero attached hydrogens (tertiary/aromatic N) is 4. The number of sulfonamides is 1. The van der Waals surface area contributed by atoms with Crippen LogP contribution in [-0.4, -0.2) is 27.9 Å². The van der Waals surface area contributed by atoms with Crippen LogP contribution in [0.3, 0.4) is 0 Å². The molecule has 0 fully saturated rings. The van der Waals surface area contributed by atoms with Crippen molar-refractivity contribution in [3.8, 4) is 11.3 Å². The van der Waals surface area contributed by atoms with Crippen LogP contribution < -0.4 is 4.72 Å². The van der Waals surface area contributed by atoms with E-state index in [4.69, 9.17) is 0 Å². The van der Waals surface area contributed by atoms with Crippen LogP contribution in [-0.2, 0) is 10.0 Å². The predicted octanol–water partition coefficient (Wildman–Crippen LogP) is 2.49. The number of fused-ring (bicyclic) bond motifs is 1. The van der Waals surface area contributed by atoms with E-state index >= 15 is 0 Å². The van der Waals surface area contributed by atoms with E-state index in [-0.39, 0.29) is 4.90 Å². The lowest BCUT2D eigenvalue weighted by molar-refractivity contribution is 0.417. The third-order valence-corrected chi connectivity index (χ3v) is 5.08. The van der Waals surface area contributed by atoms with Crippen molar-refractivity contribution >= 4 is 21.5 Å². The summed E-state index contributed by atoms with van der Waals surface area (Å²) >= 11 is 0. The third-order valence-electron chi connectivity index (χ3n) is 3.75. The molecule has 4 rings (SSSR count). The Morgan fingerprint density at radius 1 is 1.24 bits per heavy atom. The van der Waals surface area contributed by atoms with Gasteiger partial charge in [-0.3, -0.25) is 9.12 Å². The molecule has 3 heterocycles. The summed E-state index contributed by atoms with van der Waals surface area (Å²) in [6, 6.07) is 8.84. The molecular formula is C16H13N5O3S. The van der Waals surface area contributed by atoms with Crippen LogP contribution in [0.25, 0.3) is 17.0 Å². The van der Waals surface area contributed by atoms with E-state index in [0.717, 1.165) is 29.4 Å². The Hall–Kier alpha value is -3.20. The number of imidazole rings is 1. The number of nitrogens with one attached hydrogen (secondary N) is 1. The molecule has 0 saturated carbocycles. The Labute approximate surface area is 143 Å². The molecule has 126 valence electrons. The fourth-order valence-corrected chi connectivity index (χ4v) is 3.45. The molecule has 8 nitrogen and oxygen atoms in total. The highest BCUT2D eigenvalue weighted by atomic mass is 32.2. The van der Waals surface area contributed by atoms with Crippen LogP contribution in [0, 0.1) is 6.92 Å². The highest BCUT2D eigenvalue weighted by molar-refractivity contribution is 7.92. The van der Waals surface area contributed by atoms with E-state index in [1.54, 1.807) is 24.4 Å². The average molecular weight is 355 g/mol. The van der Waals surface area contributed by atoms with E-state index in [1.165, 1.54) is 0 Å². The number of anilines is 1. The van der Waals surface area contributed by atoms with Gasteiger partial charge in [-0.2, -0.15) is 0 Å². The molecule has 0 aliphatic carbocycles. The van der Waals surface area contributed by atoms with Gasteiger partial charge in [-0.05, 0) is 25.1 Å². The molecule has 0 bridgehead atoms. The predicted molar refractivity (Wildman–Crippen MR) is 90.5 cm³/mol. The maximum Gasteiger partial charge on any atom is 0.266 e. The summed E-state index contributed by atoms with van der Waals surface area (Å²) in [4.78, 5) is 8.71. The summed E-state index contributed by atoms with van der Waals surface area (Å²) in [7, 11) is -3.75. The summed E-state index contributed by atoms with van der Waals surface area (Å²) in [5.74, 6) is 0.588. The van der Waals surface area contributed by atoms with Crippen LogP contribution >= 0.6 is 0 Å². The Kier molecular flexibility index (Phi) is 3.50. The second kappa shape index (κ2) is 5.71. The SMILES string of the molecule is Cc1c(-c2cccc(NS(=O)(=O)c3cnoc3)c2)nc2ncccn12. The topological polar surface area (TPSA) is 102 Å². The van der Waals surface area contributed by atoms with Gasteiger partial charge >= 0.3 is 0 Å². The number of aromatic nitrogens is 4. The van der Waals surface area contributed by atoms with Crippen molar-refractivity contribution in [2.45, 2.75) is 11.8 Å². The van der Waals surface area contributed by atoms with Crippen molar-refractivity contribution in [1.29, 1.82) is 0 Å². The number of aryl methyl sites for hydroxylation is 1. The number of hydrogen-bond donors (Lipinski definition) is 1. The molecular weight excluding hydrogens is 342 g/mol. The first-order chi connectivity index (χ1) is 12.0. The van der Waals surface area contributed by atoms with Gasteiger partial charge in [0.15, 0.2) is 0 Å². The Balaban J connectivity index is 1.73. The van der Waals surface area contributed by atoms with Crippen LogP contribution in [0.2, 0.25) is 0 Å². The van der Waals surface area contributed by atoms with Crippen molar-refractivity contribution in [3.63, 3.8) is 0 Å². The smallest absolute Gasteiger partial charge is 0.266 e. The van der Waals surface area contributed by atoms with Crippen molar-refractivity contribution in [3.05, 3.63) is 60.9 Å². The highest BCUT2D eigenvalue weighted by Gasteiger charge is 2.17. The molecule has 0 unspecified atom stereocenters. The van der Waals surface area contributed by atoms with E-state index in [2.05, 4.69) is 24.4 Å². The van der Waals surface area contributed by atoms with Crippen molar-refractivity contribution < 1.29 is 12.9 Å². The van der Waals surface area contributed by atoms with Crippen LogP contribution in [0.5, 0.6) is 0 Å². The minimum atomic E-state index is -3.75. The van der Waals surface area contributed by atoms with Gasteiger partial charge < -0.3 is 4.52 Å². The molecule has 9 heteroatoms. The summed E-state index contributed by atoms with van der Waals surface area (Å²) in [5.41, 5.74) is 2.86. The van der Waals surface area contributed by atoms with Gasteiger partial charge in [-0.15, -0.1) is 0 Å². The number of hydrogen-bond acceptors (Lipinski definition) is 6. The molecule has 0 radical (unpaired) electrons. The molecule has 0 aliphatic heterocycles. The second-order valence-electron chi connectivity index (χ2n) is 5.38. The van der Waals surface area contributed by atoms with Crippen LogP contribution in [0.1, 0.15) is 5.69 Å². The first kappa shape index (κ1) is 15.3. The van der Waals surface area contributed by atoms with E-state index in [0.29, 0.717) is 11.5 Å². The summed E-state index contributed by atoms with van der Waals surface area (Å²) < 4.78 is 33.5. The minimum Gasteiger partial charge on any atom is -0.363 e. The third kappa shape index (κ3) is 2.74. The maximum atomic E-state index is 12.3.